The summed E-state index contributed by atoms with van der Waals surface area (Å²) < 4.78 is 40.0. The number of alkyl halides is 3. The van der Waals surface area contributed by atoms with Gasteiger partial charge >= 0.3 is 6.18 Å². The summed E-state index contributed by atoms with van der Waals surface area (Å²) in [6.45, 7) is 5.68. The van der Waals surface area contributed by atoms with Gasteiger partial charge in [0.15, 0.2) is 5.82 Å². The molecule has 1 fully saturated rings. The molecule has 1 aliphatic rings. The molecule has 3 aromatic carbocycles. The average molecular weight is 617 g/mol. The highest BCUT2D eigenvalue weighted by Crippen LogP contribution is 2.43. The number of fused-ring (bicyclic) bond motifs is 1. The van der Waals surface area contributed by atoms with Crippen LogP contribution >= 0.6 is 24.0 Å². The molecule has 2 amide bonds. The van der Waals surface area contributed by atoms with Crippen LogP contribution in [-0.2, 0) is 17.5 Å². The van der Waals surface area contributed by atoms with Crippen LogP contribution in [0.25, 0.3) is 22.3 Å². The summed E-state index contributed by atoms with van der Waals surface area (Å²) in [7, 11) is 0. The fourth-order valence-electron chi connectivity index (χ4n) is 4.37. The summed E-state index contributed by atoms with van der Waals surface area (Å²) in [6.07, 6.45) is -2.60. The number of anilines is 1. The molecule has 1 saturated carbocycles. The lowest BCUT2D eigenvalue weighted by atomic mass is 9.95. The highest BCUT2D eigenvalue weighted by atomic mass is 35.5. The first-order valence-corrected chi connectivity index (χ1v) is 13.5. The predicted molar refractivity (Wildman–Crippen MR) is 160 cm³/mol. The van der Waals surface area contributed by atoms with E-state index in [4.69, 9.17) is 11.6 Å². The monoisotopic (exact) mass is 616 g/mol. The molecule has 0 saturated heterocycles. The molecular weight excluding hydrogens is 588 g/mol. The summed E-state index contributed by atoms with van der Waals surface area (Å²) in [5.74, 6) is -0.160. The number of nitrogens with zero attached hydrogens (tertiary/aromatic N) is 2. The number of hydrogen-bond acceptors (Lipinski definition) is 4. The Bertz CT molecular complexity index is 1660. The minimum atomic E-state index is -4.49. The van der Waals surface area contributed by atoms with Crippen LogP contribution in [0.4, 0.5) is 18.9 Å². The molecule has 0 unspecified atom stereocenters. The van der Waals surface area contributed by atoms with Crippen molar-refractivity contribution < 1.29 is 22.8 Å². The fourth-order valence-corrected chi connectivity index (χ4v) is 4.57. The lowest BCUT2D eigenvalue weighted by Gasteiger charge is -2.18. The van der Waals surface area contributed by atoms with E-state index >= 15 is 0 Å². The summed E-state index contributed by atoms with van der Waals surface area (Å²) >= 11 is 6.33. The molecule has 0 radical (unpaired) electrons. The number of carbonyl (C=O) groups excluding carboxylic acids is 2. The van der Waals surface area contributed by atoms with Crippen molar-refractivity contribution in [1.29, 1.82) is 0 Å². The zero-order valence-corrected chi connectivity index (χ0v) is 24.7. The van der Waals surface area contributed by atoms with Gasteiger partial charge in [0.05, 0.1) is 27.4 Å². The van der Waals surface area contributed by atoms with Gasteiger partial charge in [-0.05, 0) is 60.9 Å². The van der Waals surface area contributed by atoms with Gasteiger partial charge < -0.3 is 10.6 Å². The molecular formula is C31H29Cl2F3N4O2. The third-order valence-electron chi connectivity index (χ3n) is 6.81. The van der Waals surface area contributed by atoms with Crippen LogP contribution in [0.2, 0.25) is 5.02 Å². The molecule has 42 heavy (non-hydrogen) atoms. The van der Waals surface area contributed by atoms with E-state index in [1.54, 1.807) is 36.4 Å². The number of aromatic nitrogens is 2. The van der Waals surface area contributed by atoms with Crippen molar-refractivity contribution in [3.63, 3.8) is 0 Å². The lowest BCUT2D eigenvalue weighted by molar-refractivity contribution is -0.137. The molecule has 11 heteroatoms. The van der Waals surface area contributed by atoms with Crippen molar-refractivity contribution in [2.24, 2.45) is 5.41 Å². The van der Waals surface area contributed by atoms with Crippen LogP contribution in [0, 0.1) is 5.41 Å². The first kappa shape index (κ1) is 31.3. The van der Waals surface area contributed by atoms with Gasteiger partial charge in [0, 0.05) is 34.5 Å². The quantitative estimate of drug-likeness (QED) is 0.229. The Morgan fingerprint density at radius 3 is 2.38 bits per heavy atom. The Labute approximate surface area is 252 Å². The van der Waals surface area contributed by atoms with E-state index < -0.39 is 23.1 Å². The first-order valence-electron chi connectivity index (χ1n) is 13.2. The van der Waals surface area contributed by atoms with E-state index in [-0.39, 0.29) is 52.8 Å². The standard InChI is InChI=1S/C31H28ClF3N4O2.ClH/c1-30(2,3)29(41)36-16-17-7-12-24(32)23(13-17)28(40)37-21-10-11-22-25(15-21)38-27(39-26(22)18-8-9-18)19-5-4-6-20(14-19)31(33,34)35;/h4-7,10-15,18H,8-9,16H2,1-3H3,(H,36,41)(H,37,40);1H. The number of halogens is 5. The van der Waals surface area contributed by atoms with Crippen LogP contribution in [-0.4, -0.2) is 21.8 Å². The van der Waals surface area contributed by atoms with Gasteiger partial charge in [-0.15, -0.1) is 12.4 Å². The zero-order chi connectivity index (χ0) is 29.5. The smallest absolute Gasteiger partial charge is 0.352 e. The van der Waals surface area contributed by atoms with Crippen LogP contribution < -0.4 is 10.6 Å². The second kappa shape index (κ2) is 11.9. The number of carbonyl (C=O) groups is 2. The molecule has 5 rings (SSSR count). The third-order valence-corrected chi connectivity index (χ3v) is 7.14. The van der Waals surface area contributed by atoms with E-state index in [0.717, 1.165) is 36.1 Å². The van der Waals surface area contributed by atoms with E-state index in [0.29, 0.717) is 16.8 Å². The number of benzene rings is 3. The Morgan fingerprint density at radius 2 is 1.71 bits per heavy atom. The summed E-state index contributed by atoms with van der Waals surface area (Å²) in [5.41, 5.74) is 1.63. The first-order chi connectivity index (χ1) is 19.3. The van der Waals surface area contributed by atoms with Gasteiger partial charge in [0.1, 0.15) is 0 Å². The van der Waals surface area contributed by atoms with Gasteiger partial charge in [0.2, 0.25) is 5.91 Å². The Balaban J connectivity index is 0.00000405. The summed E-state index contributed by atoms with van der Waals surface area (Å²) in [4.78, 5) is 34.7. The molecule has 0 aliphatic heterocycles. The largest absolute Gasteiger partial charge is 0.416 e. The van der Waals surface area contributed by atoms with Gasteiger partial charge in [-0.25, -0.2) is 9.97 Å². The normalized spacial score (nSPS) is 13.4. The maximum Gasteiger partial charge on any atom is 0.416 e. The van der Waals surface area contributed by atoms with Crippen molar-refractivity contribution in [2.75, 3.05) is 5.32 Å². The third kappa shape index (κ3) is 7.02. The Kier molecular flexibility index (Phi) is 8.85. The van der Waals surface area contributed by atoms with Crippen molar-refractivity contribution in [3.8, 4) is 11.4 Å². The number of nitrogens with one attached hydrogen (secondary N) is 2. The van der Waals surface area contributed by atoms with Crippen molar-refractivity contribution in [3.05, 3.63) is 88.1 Å². The molecule has 220 valence electrons. The topological polar surface area (TPSA) is 84.0 Å². The minimum Gasteiger partial charge on any atom is -0.352 e. The Morgan fingerprint density at radius 1 is 0.976 bits per heavy atom. The van der Waals surface area contributed by atoms with E-state index in [1.165, 1.54) is 6.07 Å². The van der Waals surface area contributed by atoms with E-state index in [1.807, 2.05) is 26.8 Å². The molecule has 1 aliphatic carbocycles. The second-order valence-electron chi connectivity index (χ2n) is 11.2. The van der Waals surface area contributed by atoms with Crippen LogP contribution in [0.3, 0.4) is 0 Å². The van der Waals surface area contributed by atoms with Crippen LogP contribution in [0.15, 0.2) is 60.7 Å². The number of rotatable bonds is 6. The molecule has 0 bridgehead atoms. The lowest BCUT2D eigenvalue weighted by Crippen LogP contribution is -2.34. The number of hydrogen-bond donors (Lipinski definition) is 2. The SMILES string of the molecule is CC(C)(C)C(=O)NCc1ccc(Cl)c(C(=O)Nc2ccc3c(C4CC4)nc(-c4cccc(C(F)(F)F)c4)nc3c2)c1.Cl. The minimum absolute atomic E-state index is 0. The van der Waals surface area contributed by atoms with Gasteiger partial charge in [0.25, 0.3) is 5.91 Å². The van der Waals surface area contributed by atoms with Crippen molar-refractivity contribution >= 4 is 52.4 Å². The van der Waals surface area contributed by atoms with Gasteiger partial charge in [-0.3, -0.25) is 9.59 Å². The molecule has 0 atom stereocenters. The maximum atomic E-state index is 13.3. The van der Waals surface area contributed by atoms with Gasteiger partial charge in [-0.2, -0.15) is 13.2 Å². The van der Waals surface area contributed by atoms with E-state index in [9.17, 15) is 22.8 Å². The molecule has 1 heterocycles. The van der Waals surface area contributed by atoms with Gasteiger partial charge in [-0.1, -0.05) is 50.6 Å². The maximum absolute atomic E-state index is 13.3. The molecule has 6 nitrogen and oxygen atoms in total. The van der Waals surface area contributed by atoms with Crippen LogP contribution in [0.1, 0.15) is 66.7 Å². The number of amides is 2. The molecule has 2 N–H and O–H groups in total. The van der Waals surface area contributed by atoms with Crippen molar-refractivity contribution in [2.45, 2.75) is 52.3 Å². The van der Waals surface area contributed by atoms with Crippen LogP contribution in [0.5, 0.6) is 0 Å². The summed E-state index contributed by atoms with van der Waals surface area (Å²) in [5, 5.41) is 6.73. The van der Waals surface area contributed by atoms with E-state index in [2.05, 4.69) is 20.6 Å². The Hall–Kier alpha value is -3.69. The zero-order valence-electron chi connectivity index (χ0n) is 23.1. The second-order valence-corrected chi connectivity index (χ2v) is 11.6. The molecule has 0 spiro atoms. The summed E-state index contributed by atoms with van der Waals surface area (Å²) in [6, 6.07) is 15.1. The highest BCUT2D eigenvalue weighted by molar-refractivity contribution is 6.34. The highest BCUT2D eigenvalue weighted by Gasteiger charge is 2.31. The average Bonchev–Trinajstić information content (AvgIpc) is 3.76. The predicted octanol–water partition coefficient (Wildman–Crippen LogP) is 8.18. The molecule has 1 aromatic heterocycles. The van der Waals surface area contributed by atoms with Crippen molar-refractivity contribution in [1.82, 2.24) is 15.3 Å². The fraction of sp³-hybridized carbons (Fsp3) is 0.290. The molecule has 4 aromatic rings.